The van der Waals surface area contributed by atoms with Gasteiger partial charge in [0, 0.05) is 33.2 Å². The first-order valence-electron chi connectivity index (χ1n) is 8.42. The van der Waals surface area contributed by atoms with Crippen molar-refractivity contribution in [2.24, 2.45) is 14.1 Å². The Morgan fingerprint density at radius 1 is 1.22 bits per heavy atom. The lowest BCUT2D eigenvalue weighted by molar-refractivity contribution is 0.0916. The van der Waals surface area contributed by atoms with E-state index in [1.165, 1.54) is 35.1 Å². The van der Waals surface area contributed by atoms with Gasteiger partial charge < -0.3 is 5.32 Å². The molecule has 10 nitrogen and oxygen atoms in total. The maximum Gasteiger partial charge on any atom is 0.332 e. The molecule has 0 aromatic carbocycles. The molecule has 1 N–H and O–H groups in total. The molecule has 1 atom stereocenters. The third kappa shape index (κ3) is 3.65. The first-order valence-corrected chi connectivity index (χ1v) is 10.3. The molecular weight excluding hydrogens is 374 g/mol. The van der Waals surface area contributed by atoms with Crippen LogP contribution < -0.4 is 16.6 Å². The highest BCUT2D eigenvalue weighted by atomic mass is 32.2. The molecule has 1 saturated heterocycles. The van der Waals surface area contributed by atoms with Crippen molar-refractivity contribution in [1.82, 2.24) is 23.7 Å². The minimum absolute atomic E-state index is 0.0576. The highest BCUT2D eigenvalue weighted by molar-refractivity contribution is 7.88. The third-order valence-electron chi connectivity index (χ3n) is 4.72. The summed E-state index contributed by atoms with van der Waals surface area (Å²) in [5.74, 6) is -0.481. The fourth-order valence-electron chi connectivity index (χ4n) is 3.20. The second kappa shape index (κ2) is 6.89. The smallest absolute Gasteiger partial charge is 0.332 e. The summed E-state index contributed by atoms with van der Waals surface area (Å²) in [6.45, 7) is 0.641. The van der Waals surface area contributed by atoms with E-state index in [4.69, 9.17) is 0 Å². The number of rotatable bonds is 3. The average Bonchev–Trinajstić information content (AvgIpc) is 2.63. The van der Waals surface area contributed by atoms with Gasteiger partial charge in [-0.05, 0) is 25.0 Å². The Balaban J connectivity index is 1.88. The monoisotopic (exact) mass is 395 g/mol. The largest absolute Gasteiger partial charge is 0.347 e. The SMILES string of the molecule is Cn1c(=O)c2ccc(C(=O)NC3CCCN(S(C)(=O)=O)C3)nc2n(C)c1=O. The van der Waals surface area contributed by atoms with Crippen LogP contribution in [0.2, 0.25) is 0 Å². The van der Waals surface area contributed by atoms with Crippen molar-refractivity contribution < 1.29 is 13.2 Å². The van der Waals surface area contributed by atoms with Crippen LogP contribution in [0.5, 0.6) is 0 Å². The number of piperidine rings is 1. The summed E-state index contributed by atoms with van der Waals surface area (Å²) in [7, 11) is -0.464. The number of aryl methyl sites for hydroxylation is 1. The predicted octanol–water partition coefficient (Wildman–Crippen LogP) is -1.21. The molecule has 0 spiro atoms. The number of nitrogens with zero attached hydrogens (tertiary/aromatic N) is 4. The Kier molecular flexibility index (Phi) is 4.91. The number of amides is 1. The van der Waals surface area contributed by atoms with E-state index in [-0.39, 0.29) is 29.3 Å². The molecule has 1 fully saturated rings. The summed E-state index contributed by atoms with van der Waals surface area (Å²) in [4.78, 5) is 41.0. The molecule has 0 bridgehead atoms. The first-order chi connectivity index (χ1) is 12.6. The lowest BCUT2D eigenvalue weighted by Gasteiger charge is -2.31. The minimum Gasteiger partial charge on any atom is -0.347 e. The fraction of sp³-hybridized carbons (Fsp3) is 0.500. The van der Waals surface area contributed by atoms with Crippen LogP contribution in [-0.4, -0.2) is 58.1 Å². The predicted molar refractivity (Wildman–Crippen MR) is 99.1 cm³/mol. The van der Waals surface area contributed by atoms with Gasteiger partial charge in [0.2, 0.25) is 10.0 Å². The molecule has 27 heavy (non-hydrogen) atoms. The number of carbonyl (C=O) groups is 1. The standard InChI is InChI=1S/C16H21N5O5S/c1-19-13-11(15(23)20(2)16(19)24)6-7-12(18-13)14(22)17-10-5-4-8-21(9-10)27(3,25)26/h6-7,10H,4-5,8-9H2,1-3H3,(H,17,22). The highest BCUT2D eigenvalue weighted by Gasteiger charge is 2.27. The summed E-state index contributed by atoms with van der Waals surface area (Å²) in [5.41, 5.74) is -0.836. The molecular formula is C16H21N5O5S. The van der Waals surface area contributed by atoms with Crippen molar-refractivity contribution in [2.75, 3.05) is 19.3 Å². The van der Waals surface area contributed by atoms with Gasteiger partial charge in [0.05, 0.1) is 11.6 Å². The molecule has 2 aromatic heterocycles. The van der Waals surface area contributed by atoms with Crippen LogP contribution in [-0.2, 0) is 24.1 Å². The van der Waals surface area contributed by atoms with Crippen molar-refractivity contribution in [3.8, 4) is 0 Å². The van der Waals surface area contributed by atoms with Gasteiger partial charge in [-0.1, -0.05) is 0 Å². The van der Waals surface area contributed by atoms with Gasteiger partial charge in [-0.15, -0.1) is 0 Å². The summed E-state index contributed by atoms with van der Waals surface area (Å²) >= 11 is 0. The molecule has 1 unspecified atom stereocenters. The average molecular weight is 395 g/mol. The Bertz CT molecular complexity index is 1130. The van der Waals surface area contributed by atoms with Gasteiger partial charge in [0.25, 0.3) is 11.5 Å². The number of hydrogen-bond acceptors (Lipinski definition) is 6. The fourth-order valence-corrected chi connectivity index (χ4v) is 4.11. The van der Waals surface area contributed by atoms with Gasteiger partial charge in [0.1, 0.15) is 11.3 Å². The molecule has 146 valence electrons. The number of fused-ring (bicyclic) bond motifs is 1. The molecule has 11 heteroatoms. The molecule has 1 amide bonds. The number of pyridine rings is 1. The summed E-state index contributed by atoms with van der Waals surface area (Å²) in [6.07, 6.45) is 2.45. The number of aromatic nitrogens is 3. The zero-order valence-electron chi connectivity index (χ0n) is 15.3. The second-order valence-electron chi connectivity index (χ2n) is 6.71. The van der Waals surface area contributed by atoms with Gasteiger partial charge in [-0.3, -0.25) is 18.7 Å². The topological polar surface area (TPSA) is 123 Å². The normalized spacial score (nSPS) is 18.6. The molecule has 0 radical (unpaired) electrons. The van der Waals surface area contributed by atoms with Crippen LogP contribution >= 0.6 is 0 Å². The van der Waals surface area contributed by atoms with Crippen LogP contribution in [0.3, 0.4) is 0 Å². The summed E-state index contributed by atoms with van der Waals surface area (Å²) in [6, 6.07) is 2.55. The maximum atomic E-state index is 12.5. The van der Waals surface area contributed by atoms with E-state index in [0.717, 1.165) is 10.8 Å². The van der Waals surface area contributed by atoms with Gasteiger partial charge in [0.15, 0.2) is 0 Å². The number of carbonyl (C=O) groups excluding carboxylic acids is 1. The van der Waals surface area contributed by atoms with E-state index >= 15 is 0 Å². The number of nitrogens with one attached hydrogen (secondary N) is 1. The molecule has 0 aliphatic carbocycles. The van der Waals surface area contributed by atoms with Gasteiger partial charge >= 0.3 is 5.69 Å². The summed E-state index contributed by atoms with van der Waals surface area (Å²) < 4.78 is 26.9. The molecule has 3 rings (SSSR count). The van der Waals surface area contributed by atoms with Crippen LogP contribution in [0.25, 0.3) is 11.0 Å². The van der Waals surface area contributed by atoms with Crippen molar-refractivity contribution in [3.05, 3.63) is 38.7 Å². The molecule has 3 heterocycles. The van der Waals surface area contributed by atoms with E-state index in [0.29, 0.717) is 19.4 Å². The van der Waals surface area contributed by atoms with Crippen molar-refractivity contribution in [1.29, 1.82) is 0 Å². The van der Waals surface area contributed by atoms with Crippen molar-refractivity contribution in [2.45, 2.75) is 18.9 Å². The minimum atomic E-state index is -3.32. The van der Waals surface area contributed by atoms with Gasteiger partial charge in [-0.25, -0.2) is 22.5 Å². The van der Waals surface area contributed by atoms with E-state index in [1.54, 1.807) is 0 Å². The highest BCUT2D eigenvalue weighted by Crippen LogP contribution is 2.14. The molecule has 0 saturated carbocycles. The Morgan fingerprint density at radius 2 is 1.93 bits per heavy atom. The molecule has 2 aromatic rings. The van der Waals surface area contributed by atoms with E-state index < -0.39 is 27.2 Å². The number of hydrogen-bond donors (Lipinski definition) is 1. The Hall–Kier alpha value is -2.53. The maximum absolute atomic E-state index is 12.5. The van der Waals surface area contributed by atoms with Crippen LogP contribution in [0.15, 0.2) is 21.7 Å². The van der Waals surface area contributed by atoms with E-state index in [1.807, 2.05) is 0 Å². The van der Waals surface area contributed by atoms with Crippen LogP contribution in [0, 0.1) is 0 Å². The van der Waals surface area contributed by atoms with E-state index in [9.17, 15) is 22.8 Å². The Morgan fingerprint density at radius 3 is 2.59 bits per heavy atom. The Labute approximate surface area is 155 Å². The second-order valence-corrected chi connectivity index (χ2v) is 8.69. The van der Waals surface area contributed by atoms with Crippen molar-refractivity contribution >= 4 is 27.0 Å². The van der Waals surface area contributed by atoms with Crippen molar-refractivity contribution in [3.63, 3.8) is 0 Å². The quantitative estimate of drug-likeness (QED) is 0.695. The zero-order chi connectivity index (χ0) is 19.9. The lowest BCUT2D eigenvalue weighted by Crippen LogP contribution is -2.49. The first kappa shape index (κ1) is 19.2. The zero-order valence-corrected chi connectivity index (χ0v) is 16.1. The molecule has 1 aliphatic rings. The van der Waals surface area contributed by atoms with Crippen LogP contribution in [0.1, 0.15) is 23.3 Å². The van der Waals surface area contributed by atoms with Crippen LogP contribution in [0.4, 0.5) is 0 Å². The lowest BCUT2D eigenvalue weighted by atomic mass is 10.1. The third-order valence-corrected chi connectivity index (χ3v) is 5.99. The molecule has 1 aliphatic heterocycles. The van der Waals surface area contributed by atoms with Gasteiger partial charge in [-0.2, -0.15) is 0 Å². The van der Waals surface area contributed by atoms with E-state index in [2.05, 4.69) is 10.3 Å². The number of sulfonamides is 1. The summed E-state index contributed by atoms with van der Waals surface area (Å²) in [5, 5.41) is 3.02.